The maximum Gasteiger partial charge on any atom is 0.336 e. The first-order valence-electron chi connectivity index (χ1n) is 12.6. The van der Waals surface area contributed by atoms with Gasteiger partial charge in [0.15, 0.2) is 6.29 Å². The van der Waals surface area contributed by atoms with Gasteiger partial charge < -0.3 is 19.5 Å². The van der Waals surface area contributed by atoms with Crippen molar-refractivity contribution in [3.8, 4) is 11.3 Å². The van der Waals surface area contributed by atoms with Gasteiger partial charge in [0.05, 0.1) is 29.9 Å². The van der Waals surface area contributed by atoms with E-state index in [0.29, 0.717) is 49.6 Å². The predicted octanol–water partition coefficient (Wildman–Crippen LogP) is 3.93. The number of fused-ring (bicyclic) bond motifs is 1. The molecule has 37 heavy (non-hydrogen) atoms. The van der Waals surface area contributed by atoms with Crippen LogP contribution in [0.4, 0.5) is 4.39 Å². The molecule has 0 radical (unpaired) electrons. The van der Waals surface area contributed by atoms with Gasteiger partial charge in [-0.05, 0) is 37.5 Å². The Bertz CT molecular complexity index is 1280. The first kappa shape index (κ1) is 25.3. The number of aromatic carboxylic acids is 1. The Labute approximate surface area is 214 Å². The number of carbonyl (C=O) groups excluding carboxylic acids is 1. The van der Waals surface area contributed by atoms with Crippen LogP contribution in [0.1, 0.15) is 35.2 Å². The largest absolute Gasteiger partial charge is 0.478 e. The van der Waals surface area contributed by atoms with Crippen molar-refractivity contribution in [3.05, 3.63) is 65.5 Å². The summed E-state index contributed by atoms with van der Waals surface area (Å²) in [7, 11) is 0. The second kappa shape index (κ2) is 11.3. The smallest absolute Gasteiger partial charge is 0.336 e. The second-order valence-electron chi connectivity index (χ2n) is 9.40. The Hall–Kier alpha value is -3.40. The van der Waals surface area contributed by atoms with Gasteiger partial charge in [0.1, 0.15) is 5.82 Å². The molecule has 0 saturated carbocycles. The summed E-state index contributed by atoms with van der Waals surface area (Å²) in [5, 5.41) is 10.4. The molecule has 194 valence electrons. The molecule has 0 spiro atoms. The Morgan fingerprint density at radius 2 is 2.00 bits per heavy atom. The highest BCUT2D eigenvalue weighted by molar-refractivity contribution is 6.05. The number of aromatic nitrogens is 1. The molecule has 9 heteroatoms. The minimum atomic E-state index is -1.16. The van der Waals surface area contributed by atoms with Crippen molar-refractivity contribution in [1.29, 1.82) is 0 Å². The summed E-state index contributed by atoms with van der Waals surface area (Å²) in [5.41, 5.74) is 2.17. The van der Waals surface area contributed by atoms with E-state index in [1.54, 1.807) is 4.90 Å². The van der Waals surface area contributed by atoms with Crippen LogP contribution in [-0.2, 0) is 20.8 Å². The van der Waals surface area contributed by atoms with Crippen LogP contribution in [-0.4, -0.2) is 77.4 Å². The van der Waals surface area contributed by atoms with Gasteiger partial charge in [-0.25, -0.2) is 14.2 Å². The van der Waals surface area contributed by atoms with Crippen LogP contribution < -0.4 is 0 Å². The summed E-state index contributed by atoms with van der Waals surface area (Å²) in [4.78, 5) is 33.8. The molecule has 2 aliphatic heterocycles. The molecule has 0 bridgehead atoms. The highest BCUT2D eigenvalue weighted by Gasteiger charge is 2.28. The first-order valence-corrected chi connectivity index (χ1v) is 12.6. The van der Waals surface area contributed by atoms with Gasteiger partial charge in [-0.3, -0.25) is 9.69 Å². The van der Waals surface area contributed by atoms with Gasteiger partial charge in [0.2, 0.25) is 5.91 Å². The van der Waals surface area contributed by atoms with Gasteiger partial charge in [-0.15, -0.1) is 0 Å². The number of carboxylic acid groups (broad SMARTS) is 1. The fraction of sp³-hybridized carbons (Fsp3) is 0.393. The molecule has 1 unspecified atom stereocenters. The van der Waals surface area contributed by atoms with Gasteiger partial charge in [0, 0.05) is 49.3 Å². The Morgan fingerprint density at radius 3 is 2.73 bits per heavy atom. The zero-order valence-corrected chi connectivity index (χ0v) is 20.6. The zero-order valence-electron chi connectivity index (χ0n) is 20.6. The molecule has 2 fully saturated rings. The third-order valence-electron chi connectivity index (χ3n) is 6.89. The first-order chi connectivity index (χ1) is 18.0. The van der Waals surface area contributed by atoms with Gasteiger partial charge >= 0.3 is 5.97 Å². The summed E-state index contributed by atoms with van der Waals surface area (Å²) in [6.45, 7) is 3.04. The topological polar surface area (TPSA) is 92.2 Å². The van der Waals surface area contributed by atoms with Crippen molar-refractivity contribution in [1.82, 2.24) is 14.8 Å². The van der Waals surface area contributed by atoms with Gasteiger partial charge in [-0.2, -0.15) is 0 Å². The normalized spacial score (nSPS) is 18.9. The molecule has 1 N–H and O–H groups in total. The van der Waals surface area contributed by atoms with Crippen molar-refractivity contribution in [2.75, 3.05) is 39.4 Å². The Kier molecular flexibility index (Phi) is 7.73. The second-order valence-corrected chi connectivity index (χ2v) is 9.40. The summed E-state index contributed by atoms with van der Waals surface area (Å²) in [6, 6.07) is 13.3. The lowest BCUT2D eigenvalue weighted by atomic mass is 9.96. The molecule has 2 aromatic carbocycles. The number of ether oxygens (including phenoxy) is 2. The average Bonchev–Trinajstić information content (AvgIpc) is 2.90. The van der Waals surface area contributed by atoms with E-state index in [2.05, 4.69) is 0 Å². The van der Waals surface area contributed by atoms with E-state index >= 15 is 0 Å². The van der Waals surface area contributed by atoms with E-state index in [-0.39, 0.29) is 36.2 Å². The molecule has 2 saturated heterocycles. The average molecular weight is 508 g/mol. The number of benzene rings is 2. The number of carbonyl (C=O) groups is 2. The number of pyridine rings is 1. The highest BCUT2D eigenvalue weighted by Crippen LogP contribution is 2.32. The van der Waals surface area contributed by atoms with Crippen LogP contribution in [0, 0.1) is 5.82 Å². The quantitative estimate of drug-likeness (QED) is 0.494. The summed E-state index contributed by atoms with van der Waals surface area (Å²) >= 11 is 0. The number of hydrogen-bond donors (Lipinski definition) is 1. The molecule has 1 amide bonds. The molecule has 0 aliphatic carbocycles. The van der Waals surface area contributed by atoms with Crippen LogP contribution in [0.15, 0.2) is 48.5 Å². The van der Waals surface area contributed by atoms with E-state index in [9.17, 15) is 19.1 Å². The molecule has 3 aromatic rings. The van der Waals surface area contributed by atoms with Crippen LogP contribution >= 0.6 is 0 Å². The van der Waals surface area contributed by atoms with Crippen LogP contribution in [0.2, 0.25) is 0 Å². The Balaban J connectivity index is 1.36. The van der Waals surface area contributed by atoms with Crippen molar-refractivity contribution < 1.29 is 28.6 Å². The third kappa shape index (κ3) is 5.79. The fourth-order valence-electron chi connectivity index (χ4n) is 5.00. The maximum absolute atomic E-state index is 14.1. The van der Waals surface area contributed by atoms with Crippen molar-refractivity contribution in [2.45, 2.75) is 32.1 Å². The SMILES string of the molecule is O=C(O)c1c(CN2CCN(CCOC3CCCCO3)C(=O)C2)c(-c2ccccc2)nc2ccc(F)cc12. The molecule has 2 aliphatic rings. The summed E-state index contributed by atoms with van der Waals surface area (Å²) < 4.78 is 25.5. The number of rotatable bonds is 8. The minimum Gasteiger partial charge on any atom is -0.478 e. The van der Waals surface area contributed by atoms with E-state index in [4.69, 9.17) is 14.5 Å². The number of hydrogen-bond acceptors (Lipinski definition) is 6. The third-order valence-corrected chi connectivity index (χ3v) is 6.89. The summed E-state index contributed by atoms with van der Waals surface area (Å²) in [5.74, 6) is -1.73. The van der Waals surface area contributed by atoms with Gasteiger partial charge in [-0.1, -0.05) is 30.3 Å². The minimum absolute atomic E-state index is 0.0131. The maximum atomic E-state index is 14.1. The monoisotopic (exact) mass is 507 g/mol. The molecular weight excluding hydrogens is 477 g/mol. The van der Waals surface area contributed by atoms with Crippen LogP contribution in [0.3, 0.4) is 0 Å². The van der Waals surface area contributed by atoms with E-state index in [1.165, 1.54) is 18.2 Å². The number of carboxylic acids is 1. The lowest BCUT2D eigenvalue weighted by molar-refractivity contribution is -0.167. The zero-order chi connectivity index (χ0) is 25.8. The van der Waals surface area contributed by atoms with Crippen LogP contribution in [0.25, 0.3) is 22.2 Å². The number of amides is 1. The number of nitrogens with zero attached hydrogens (tertiary/aromatic N) is 3. The van der Waals surface area contributed by atoms with Crippen molar-refractivity contribution >= 4 is 22.8 Å². The highest BCUT2D eigenvalue weighted by atomic mass is 19.1. The molecular formula is C28H30FN3O5. The predicted molar refractivity (Wildman–Crippen MR) is 135 cm³/mol. The fourth-order valence-corrected chi connectivity index (χ4v) is 5.00. The van der Waals surface area contributed by atoms with Gasteiger partial charge in [0.25, 0.3) is 0 Å². The van der Waals surface area contributed by atoms with E-state index in [1.807, 2.05) is 35.2 Å². The lowest BCUT2D eigenvalue weighted by Gasteiger charge is -2.35. The van der Waals surface area contributed by atoms with E-state index < -0.39 is 11.8 Å². The van der Waals surface area contributed by atoms with Crippen LogP contribution in [0.5, 0.6) is 0 Å². The molecule has 1 aromatic heterocycles. The molecule has 3 heterocycles. The lowest BCUT2D eigenvalue weighted by Crippen LogP contribution is -2.51. The molecule has 5 rings (SSSR count). The molecule has 8 nitrogen and oxygen atoms in total. The number of piperazine rings is 1. The van der Waals surface area contributed by atoms with E-state index in [0.717, 1.165) is 24.8 Å². The summed E-state index contributed by atoms with van der Waals surface area (Å²) in [6.07, 6.45) is 2.82. The van der Waals surface area contributed by atoms with Crippen molar-refractivity contribution in [3.63, 3.8) is 0 Å². The Morgan fingerprint density at radius 1 is 1.16 bits per heavy atom. The number of halogens is 1. The molecule has 1 atom stereocenters. The standard InChI is InChI=1S/C28H30FN3O5/c29-20-9-10-23-21(16-20)26(28(34)35)22(27(30-23)19-6-2-1-3-7-19)17-31-11-12-32(24(33)18-31)13-15-37-25-8-4-5-14-36-25/h1-3,6-7,9-10,16,25H,4-5,8,11-15,17-18H2,(H,34,35). The van der Waals surface area contributed by atoms with Crippen molar-refractivity contribution in [2.24, 2.45) is 0 Å².